The van der Waals surface area contributed by atoms with Gasteiger partial charge in [0.1, 0.15) is 0 Å². The highest BCUT2D eigenvalue weighted by molar-refractivity contribution is 14.1. The Hall–Kier alpha value is -1.28. The predicted molar refractivity (Wildman–Crippen MR) is 88.3 cm³/mol. The predicted octanol–water partition coefficient (Wildman–Crippen LogP) is 5.52. The topological polar surface area (TPSA) is 29.1 Å². The first-order chi connectivity index (χ1) is 10.2. The third-order valence-corrected chi connectivity index (χ3v) is 3.89. The van der Waals surface area contributed by atoms with Crippen molar-refractivity contribution in [2.24, 2.45) is 0 Å². The average Bonchev–Trinajstić information content (AvgIpc) is 2.39. The minimum Gasteiger partial charge on any atom is -0.321 e. The fraction of sp³-hybridized carbons (Fsp3) is 0.133. The number of carbonyl (C=O) groups excluding carboxylic acids is 1. The van der Waals surface area contributed by atoms with E-state index in [1.165, 1.54) is 18.2 Å². The molecule has 0 fully saturated rings. The highest BCUT2D eigenvalue weighted by Gasteiger charge is 2.34. The monoisotopic (exact) mass is 439 g/mol. The van der Waals surface area contributed by atoms with E-state index in [1.807, 2.05) is 0 Å². The number of aryl methyl sites for hydroxylation is 1. The van der Waals surface area contributed by atoms with Crippen molar-refractivity contribution in [2.45, 2.75) is 13.1 Å². The molecule has 2 rings (SSSR count). The average molecular weight is 440 g/mol. The lowest BCUT2D eigenvalue weighted by atomic mass is 10.1. The normalized spacial score (nSPS) is 11.4. The Balaban J connectivity index is 2.36. The van der Waals surface area contributed by atoms with E-state index >= 15 is 0 Å². The molecule has 2 aromatic carbocycles. The van der Waals surface area contributed by atoms with Crippen molar-refractivity contribution in [1.82, 2.24) is 0 Å². The van der Waals surface area contributed by atoms with Gasteiger partial charge < -0.3 is 5.32 Å². The van der Waals surface area contributed by atoms with Gasteiger partial charge in [0.05, 0.1) is 21.8 Å². The first-order valence-electron chi connectivity index (χ1n) is 6.13. The zero-order chi connectivity index (χ0) is 16.5. The lowest BCUT2D eigenvalue weighted by Crippen LogP contribution is -2.17. The van der Waals surface area contributed by atoms with E-state index in [2.05, 4.69) is 5.32 Å². The van der Waals surface area contributed by atoms with Crippen molar-refractivity contribution in [1.29, 1.82) is 0 Å². The van der Waals surface area contributed by atoms with Crippen LogP contribution in [0.5, 0.6) is 0 Å². The maximum absolute atomic E-state index is 13.0. The van der Waals surface area contributed by atoms with Crippen molar-refractivity contribution >= 4 is 45.8 Å². The lowest BCUT2D eigenvalue weighted by molar-refractivity contribution is -0.137. The van der Waals surface area contributed by atoms with Crippen LogP contribution in [-0.2, 0) is 6.18 Å². The SMILES string of the molecule is Cc1ccc(C(=O)Nc2ccc(I)cc2C(F)(F)F)c(Cl)c1. The van der Waals surface area contributed by atoms with Crippen LogP contribution >= 0.6 is 34.2 Å². The molecule has 2 aromatic rings. The summed E-state index contributed by atoms with van der Waals surface area (Å²) in [7, 11) is 0. The first-order valence-corrected chi connectivity index (χ1v) is 7.58. The molecule has 2 nitrogen and oxygen atoms in total. The van der Waals surface area contributed by atoms with Gasteiger partial charge in [-0.05, 0) is 65.4 Å². The Bertz CT molecular complexity index is 731. The Labute approximate surface area is 143 Å². The molecule has 116 valence electrons. The highest BCUT2D eigenvalue weighted by atomic mass is 127. The summed E-state index contributed by atoms with van der Waals surface area (Å²) in [5.41, 5.74) is -0.212. The zero-order valence-corrected chi connectivity index (χ0v) is 14.2. The highest BCUT2D eigenvalue weighted by Crippen LogP contribution is 2.36. The van der Waals surface area contributed by atoms with Gasteiger partial charge in [0.15, 0.2) is 0 Å². The minimum atomic E-state index is -4.55. The van der Waals surface area contributed by atoms with Gasteiger partial charge in [-0.3, -0.25) is 4.79 Å². The molecule has 0 bridgehead atoms. The van der Waals surface area contributed by atoms with Gasteiger partial charge in [0, 0.05) is 3.57 Å². The number of benzene rings is 2. The van der Waals surface area contributed by atoms with Crippen LogP contribution in [0, 0.1) is 10.5 Å². The molecule has 0 heterocycles. The molecule has 0 spiro atoms. The summed E-state index contributed by atoms with van der Waals surface area (Å²) in [6.45, 7) is 1.80. The molecule has 0 aliphatic rings. The first kappa shape index (κ1) is 17.1. The standard InChI is InChI=1S/C15H10ClF3INO/c1-8-2-4-10(12(16)6-8)14(22)21-13-5-3-9(20)7-11(13)15(17,18)19/h2-7H,1H3,(H,21,22). The maximum Gasteiger partial charge on any atom is 0.418 e. The number of halogens is 5. The summed E-state index contributed by atoms with van der Waals surface area (Å²) in [6.07, 6.45) is -4.55. The van der Waals surface area contributed by atoms with Crippen LogP contribution in [0.3, 0.4) is 0 Å². The van der Waals surface area contributed by atoms with Crippen molar-refractivity contribution in [2.75, 3.05) is 5.32 Å². The smallest absolute Gasteiger partial charge is 0.321 e. The summed E-state index contributed by atoms with van der Waals surface area (Å²) in [6, 6.07) is 8.42. The van der Waals surface area contributed by atoms with Gasteiger partial charge in [0.2, 0.25) is 0 Å². The molecule has 0 aliphatic carbocycles. The number of rotatable bonds is 2. The van der Waals surface area contributed by atoms with Gasteiger partial charge in [-0.25, -0.2) is 0 Å². The van der Waals surface area contributed by atoms with Crippen LogP contribution in [0.4, 0.5) is 18.9 Å². The van der Waals surface area contributed by atoms with Gasteiger partial charge in [-0.15, -0.1) is 0 Å². The number of amides is 1. The summed E-state index contributed by atoms with van der Waals surface area (Å²) in [5, 5.41) is 2.47. The van der Waals surface area contributed by atoms with Crippen LogP contribution < -0.4 is 5.32 Å². The molecule has 0 radical (unpaired) electrons. The summed E-state index contributed by atoms with van der Waals surface area (Å²) < 4.78 is 39.5. The Morgan fingerprint density at radius 2 is 1.86 bits per heavy atom. The van der Waals surface area contributed by atoms with Crippen LogP contribution in [0.2, 0.25) is 5.02 Å². The molecule has 7 heteroatoms. The van der Waals surface area contributed by atoms with Gasteiger partial charge in [0.25, 0.3) is 5.91 Å². The third kappa shape index (κ3) is 3.92. The van der Waals surface area contributed by atoms with E-state index in [0.29, 0.717) is 3.57 Å². The number of hydrogen-bond acceptors (Lipinski definition) is 1. The molecule has 22 heavy (non-hydrogen) atoms. The minimum absolute atomic E-state index is 0.124. The van der Waals surface area contributed by atoms with E-state index in [9.17, 15) is 18.0 Å². The summed E-state index contributed by atoms with van der Waals surface area (Å²) >= 11 is 7.74. The van der Waals surface area contributed by atoms with E-state index in [1.54, 1.807) is 41.6 Å². The van der Waals surface area contributed by atoms with Crippen molar-refractivity contribution in [3.63, 3.8) is 0 Å². The molecular formula is C15H10ClF3INO. The maximum atomic E-state index is 13.0. The number of anilines is 1. The van der Waals surface area contributed by atoms with Gasteiger partial charge >= 0.3 is 6.18 Å². The molecule has 1 amide bonds. The second-order valence-electron chi connectivity index (χ2n) is 4.63. The van der Waals surface area contributed by atoms with Gasteiger partial charge in [-0.2, -0.15) is 13.2 Å². The largest absolute Gasteiger partial charge is 0.418 e. The fourth-order valence-corrected chi connectivity index (χ4v) is 2.67. The second kappa shape index (κ2) is 6.45. The Kier molecular flexibility index (Phi) is 5.01. The number of carbonyl (C=O) groups is 1. The van der Waals surface area contributed by atoms with Crippen molar-refractivity contribution in [3.05, 3.63) is 61.7 Å². The molecular weight excluding hydrogens is 430 g/mol. The third-order valence-electron chi connectivity index (χ3n) is 2.90. The summed E-state index contributed by atoms with van der Waals surface area (Å²) in [4.78, 5) is 12.1. The Morgan fingerprint density at radius 3 is 2.45 bits per heavy atom. The molecule has 1 N–H and O–H groups in total. The van der Waals surface area contributed by atoms with Gasteiger partial charge in [-0.1, -0.05) is 17.7 Å². The number of alkyl halides is 3. The van der Waals surface area contributed by atoms with Crippen LogP contribution in [0.1, 0.15) is 21.5 Å². The van der Waals surface area contributed by atoms with E-state index in [-0.39, 0.29) is 16.3 Å². The fourth-order valence-electron chi connectivity index (χ4n) is 1.85. The lowest BCUT2D eigenvalue weighted by Gasteiger charge is -2.14. The van der Waals surface area contributed by atoms with E-state index in [4.69, 9.17) is 11.6 Å². The molecule has 0 aromatic heterocycles. The molecule has 0 atom stereocenters. The number of hydrogen-bond donors (Lipinski definition) is 1. The number of nitrogens with one attached hydrogen (secondary N) is 1. The zero-order valence-electron chi connectivity index (χ0n) is 11.3. The van der Waals surface area contributed by atoms with Crippen LogP contribution in [0.15, 0.2) is 36.4 Å². The van der Waals surface area contributed by atoms with Crippen molar-refractivity contribution in [3.8, 4) is 0 Å². The quantitative estimate of drug-likeness (QED) is 0.613. The second-order valence-corrected chi connectivity index (χ2v) is 6.28. The molecule has 0 aliphatic heterocycles. The van der Waals surface area contributed by atoms with E-state index in [0.717, 1.165) is 11.6 Å². The van der Waals surface area contributed by atoms with Crippen LogP contribution in [-0.4, -0.2) is 5.91 Å². The summed E-state index contributed by atoms with van der Waals surface area (Å²) in [5.74, 6) is -0.684. The van der Waals surface area contributed by atoms with E-state index < -0.39 is 17.6 Å². The van der Waals surface area contributed by atoms with Crippen LogP contribution in [0.25, 0.3) is 0 Å². The Morgan fingerprint density at radius 1 is 1.18 bits per heavy atom. The van der Waals surface area contributed by atoms with Crippen molar-refractivity contribution < 1.29 is 18.0 Å². The molecule has 0 saturated heterocycles. The molecule has 0 unspecified atom stereocenters. The molecule has 0 saturated carbocycles.